The number of carboxylic acid groups (broad SMARTS) is 1. The van der Waals surface area contributed by atoms with E-state index >= 15 is 0 Å². The van der Waals surface area contributed by atoms with Gasteiger partial charge in [0, 0.05) is 19.6 Å². The van der Waals surface area contributed by atoms with Crippen LogP contribution in [0.5, 0.6) is 0 Å². The predicted molar refractivity (Wildman–Crippen MR) is 54.3 cm³/mol. The summed E-state index contributed by atoms with van der Waals surface area (Å²) in [4.78, 5) is 10.3. The molecule has 6 nitrogen and oxygen atoms in total. The molecule has 0 aromatic heterocycles. The SMILES string of the molecule is CNC(=N)NCCC[C@@H](N)CC(=O)O. The lowest BCUT2D eigenvalue weighted by Crippen LogP contribution is -2.35. The lowest BCUT2D eigenvalue weighted by Gasteiger charge is -2.10. The molecular weight excluding hydrogens is 184 g/mol. The van der Waals surface area contributed by atoms with E-state index in [0.29, 0.717) is 13.0 Å². The minimum absolute atomic E-state index is 0.00345. The van der Waals surface area contributed by atoms with Crippen molar-refractivity contribution in [3.63, 3.8) is 0 Å². The topological polar surface area (TPSA) is 111 Å². The number of rotatable bonds is 6. The van der Waals surface area contributed by atoms with Gasteiger partial charge in [-0.2, -0.15) is 0 Å². The maximum Gasteiger partial charge on any atom is 0.304 e. The van der Waals surface area contributed by atoms with Crippen LogP contribution >= 0.6 is 0 Å². The van der Waals surface area contributed by atoms with Gasteiger partial charge in [0.05, 0.1) is 6.42 Å². The van der Waals surface area contributed by atoms with Crippen LogP contribution in [0.25, 0.3) is 0 Å². The normalized spacial score (nSPS) is 11.9. The second kappa shape index (κ2) is 7.14. The molecule has 0 aromatic carbocycles. The van der Waals surface area contributed by atoms with Gasteiger partial charge >= 0.3 is 5.97 Å². The van der Waals surface area contributed by atoms with Crippen LogP contribution in [0, 0.1) is 5.41 Å². The van der Waals surface area contributed by atoms with E-state index in [2.05, 4.69) is 10.6 Å². The Bertz CT molecular complexity index is 196. The van der Waals surface area contributed by atoms with E-state index in [1.165, 1.54) is 0 Å². The van der Waals surface area contributed by atoms with Gasteiger partial charge in [-0.1, -0.05) is 0 Å². The molecule has 6 N–H and O–H groups in total. The molecule has 0 aromatic rings. The summed E-state index contributed by atoms with van der Waals surface area (Å²) in [5, 5.41) is 21.1. The third-order valence-corrected chi connectivity index (χ3v) is 1.74. The van der Waals surface area contributed by atoms with Crippen LogP contribution in [0.15, 0.2) is 0 Å². The summed E-state index contributed by atoms with van der Waals surface area (Å²) in [6, 6.07) is -0.293. The van der Waals surface area contributed by atoms with Crippen molar-refractivity contribution in [3.8, 4) is 0 Å². The number of nitrogens with two attached hydrogens (primary N) is 1. The van der Waals surface area contributed by atoms with Crippen molar-refractivity contribution in [1.82, 2.24) is 10.6 Å². The largest absolute Gasteiger partial charge is 0.481 e. The number of aliphatic carboxylic acids is 1. The Morgan fingerprint density at radius 1 is 1.64 bits per heavy atom. The average molecular weight is 202 g/mol. The van der Waals surface area contributed by atoms with E-state index in [1.54, 1.807) is 7.05 Å². The van der Waals surface area contributed by atoms with Gasteiger partial charge in [-0.05, 0) is 12.8 Å². The summed E-state index contributed by atoms with van der Waals surface area (Å²) in [6.07, 6.45) is 1.41. The van der Waals surface area contributed by atoms with Gasteiger partial charge < -0.3 is 21.5 Å². The van der Waals surface area contributed by atoms with Crippen LogP contribution in [-0.2, 0) is 4.79 Å². The zero-order chi connectivity index (χ0) is 11.0. The molecule has 0 radical (unpaired) electrons. The highest BCUT2D eigenvalue weighted by atomic mass is 16.4. The van der Waals surface area contributed by atoms with Gasteiger partial charge in [0.25, 0.3) is 0 Å². The molecule has 82 valence electrons. The average Bonchev–Trinajstić information content (AvgIpc) is 2.10. The zero-order valence-electron chi connectivity index (χ0n) is 8.34. The molecule has 0 amide bonds. The second-order valence-corrected chi connectivity index (χ2v) is 3.05. The maximum absolute atomic E-state index is 10.3. The van der Waals surface area contributed by atoms with Crippen molar-refractivity contribution in [2.75, 3.05) is 13.6 Å². The van der Waals surface area contributed by atoms with Crippen molar-refractivity contribution in [1.29, 1.82) is 5.41 Å². The monoisotopic (exact) mass is 202 g/mol. The van der Waals surface area contributed by atoms with Crippen molar-refractivity contribution >= 4 is 11.9 Å². The van der Waals surface area contributed by atoms with Crippen molar-refractivity contribution in [3.05, 3.63) is 0 Å². The fourth-order valence-electron chi connectivity index (χ4n) is 0.992. The van der Waals surface area contributed by atoms with Crippen LogP contribution in [-0.4, -0.2) is 36.7 Å². The summed E-state index contributed by atoms with van der Waals surface area (Å²) < 4.78 is 0. The van der Waals surface area contributed by atoms with E-state index in [-0.39, 0.29) is 18.4 Å². The summed E-state index contributed by atoms with van der Waals surface area (Å²) >= 11 is 0. The van der Waals surface area contributed by atoms with E-state index < -0.39 is 5.97 Å². The minimum atomic E-state index is -0.867. The molecule has 0 rings (SSSR count). The maximum atomic E-state index is 10.3. The molecule has 0 aliphatic heterocycles. The van der Waals surface area contributed by atoms with Crippen LogP contribution < -0.4 is 16.4 Å². The number of carboxylic acids is 1. The van der Waals surface area contributed by atoms with E-state index in [9.17, 15) is 4.79 Å². The van der Waals surface area contributed by atoms with Crippen LogP contribution in [0.1, 0.15) is 19.3 Å². The number of hydrogen-bond acceptors (Lipinski definition) is 3. The van der Waals surface area contributed by atoms with Gasteiger partial charge in [-0.3, -0.25) is 10.2 Å². The quantitative estimate of drug-likeness (QED) is 0.222. The van der Waals surface area contributed by atoms with Gasteiger partial charge in [-0.25, -0.2) is 0 Å². The fraction of sp³-hybridized carbons (Fsp3) is 0.750. The Labute approximate surface area is 83.4 Å². The van der Waals surface area contributed by atoms with E-state index in [0.717, 1.165) is 6.42 Å². The molecule has 1 atom stereocenters. The summed E-state index contributed by atoms with van der Waals surface area (Å²) in [6.45, 7) is 0.632. The Morgan fingerprint density at radius 2 is 2.29 bits per heavy atom. The van der Waals surface area contributed by atoms with Gasteiger partial charge in [0.1, 0.15) is 0 Å². The van der Waals surface area contributed by atoms with E-state index in [4.69, 9.17) is 16.2 Å². The Kier molecular flexibility index (Phi) is 6.47. The Balaban J connectivity index is 3.35. The molecule has 0 heterocycles. The molecule has 14 heavy (non-hydrogen) atoms. The molecular formula is C8H18N4O2. The number of nitrogens with one attached hydrogen (secondary N) is 3. The highest BCUT2D eigenvalue weighted by molar-refractivity contribution is 5.75. The van der Waals surface area contributed by atoms with Gasteiger partial charge in [-0.15, -0.1) is 0 Å². The number of carbonyl (C=O) groups is 1. The van der Waals surface area contributed by atoms with Crippen molar-refractivity contribution in [2.24, 2.45) is 5.73 Å². The summed E-state index contributed by atoms with van der Waals surface area (Å²) in [5.41, 5.74) is 5.55. The third kappa shape index (κ3) is 7.35. The highest BCUT2D eigenvalue weighted by Crippen LogP contribution is 1.97. The number of guanidine groups is 1. The molecule has 0 unspecified atom stereocenters. The third-order valence-electron chi connectivity index (χ3n) is 1.74. The van der Waals surface area contributed by atoms with Crippen molar-refractivity contribution in [2.45, 2.75) is 25.3 Å². The molecule has 0 saturated carbocycles. The molecule has 0 aliphatic carbocycles. The number of hydrogen-bond donors (Lipinski definition) is 5. The van der Waals surface area contributed by atoms with Crippen LogP contribution in [0.2, 0.25) is 0 Å². The van der Waals surface area contributed by atoms with Crippen LogP contribution in [0.4, 0.5) is 0 Å². The highest BCUT2D eigenvalue weighted by Gasteiger charge is 2.06. The molecule has 0 saturated heterocycles. The predicted octanol–water partition coefficient (Wildman–Crippen LogP) is -0.688. The Hall–Kier alpha value is -1.30. The van der Waals surface area contributed by atoms with Gasteiger partial charge in [0.2, 0.25) is 0 Å². The second-order valence-electron chi connectivity index (χ2n) is 3.05. The zero-order valence-corrected chi connectivity index (χ0v) is 8.34. The Morgan fingerprint density at radius 3 is 2.79 bits per heavy atom. The summed E-state index contributed by atoms with van der Waals surface area (Å²) in [5.74, 6) is -0.606. The minimum Gasteiger partial charge on any atom is -0.481 e. The fourth-order valence-corrected chi connectivity index (χ4v) is 0.992. The lowest BCUT2D eigenvalue weighted by molar-refractivity contribution is -0.137. The standard InChI is InChI=1S/C8H18N4O2/c1-11-8(10)12-4-2-3-6(9)5-7(13)14/h6H,2-5,9H2,1H3,(H,13,14)(H3,10,11,12)/t6-/m1/s1. The van der Waals surface area contributed by atoms with E-state index in [1.807, 2.05) is 0 Å². The first-order valence-electron chi connectivity index (χ1n) is 4.53. The lowest BCUT2D eigenvalue weighted by atomic mass is 10.1. The first kappa shape index (κ1) is 12.7. The van der Waals surface area contributed by atoms with Crippen LogP contribution in [0.3, 0.4) is 0 Å². The smallest absolute Gasteiger partial charge is 0.304 e. The molecule has 6 heteroatoms. The van der Waals surface area contributed by atoms with Crippen molar-refractivity contribution < 1.29 is 9.90 Å². The molecule has 0 aliphatic rings. The molecule has 0 fully saturated rings. The molecule has 0 spiro atoms. The van der Waals surface area contributed by atoms with Gasteiger partial charge in [0.15, 0.2) is 5.96 Å². The first-order valence-corrected chi connectivity index (χ1v) is 4.53. The summed E-state index contributed by atoms with van der Waals surface area (Å²) in [7, 11) is 1.66. The molecule has 0 bridgehead atoms. The first-order chi connectivity index (χ1) is 6.56.